The normalized spacial score (nSPS) is 26.3. The predicted octanol–water partition coefficient (Wildman–Crippen LogP) is 2.29. The van der Waals surface area contributed by atoms with Crippen LogP contribution in [0.1, 0.15) is 54.2 Å². The molecule has 0 spiro atoms. The quantitative estimate of drug-likeness (QED) is 0.654. The smallest absolute Gasteiger partial charge is 0.271 e. The largest absolute Gasteiger partial charge is 0.339 e. The van der Waals surface area contributed by atoms with Crippen molar-refractivity contribution in [1.82, 2.24) is 24.4 Å². The Morgan fingerprint density at radius 1 is 1.34 bits per heavy atom. The molecule has 0 unspecified atom stereocenters. The van der Waals surface area contributed by atoms with Crippen molar-refractivity contribution in [3.8, 4) is 0 Å². The molecule has 9 heteroatoms. The molecule has 3 aromatic heterocycles. The van der Waals surface area contributed by atoms with Gasteiger partial charge in [-0.3, -0.25) is 14.0 Å². The maximum Gasteiger partial charge on any atom is 0.271 e. The number of thiazole rings is 1. The van der Waals surface area contributed by atoms with Gasteiger partial charge in [-0.15, -0.1) is 11.3 Å². The zero-order valence-corrected chi connectivity index (χ0v) is 16.7. The van der Waals surface area contributed by atoms with Crippen molar-refractivity contribution < 1.29 is 9.32 Å². The van der Waals surface area contributed by atoms with Gasteiger partial charge in [0.2, 0.25) is 5.89 Å². The second kappa shape index (κ2) is 6.22. The number of nitrogens with zero attached hydrogens (tertiary/aromatic N) is 5. The van der Waals surface area contributed by atoms with Gasteiger partial charge in [0.1, 0.15) is 5.56 Å². The summed E-state index contributed by atoms with van der Waals surface area (Å²) in [6, 6.07) is 0. The second-order valence-electron chi connectivity index (χ2n) is 8.63. The van der Waals surface area contributed by atoms with Crippen molar-refractivity contribution in [2.45, 2.75) is 43.9 Å². The number of fused-ring (bicyclic) bond motifs is 2. The molecule has 2 aliphatic carbocycles. The predicted molar refractivity (Wildman–Crippen MR) is 105 cm³/mol. The lowest BCUT2D eigenvalue weighted by Crippen LogP contribution is -2.37. The number of aromatic nitrogens is 4. The highest BCUT2D eigenvalue weighted by molar-refractivity contribution is 7.15. The molecule has 0 N–H and O–H groups in total. The summed E-state index contributed by atoms with van der Waals surface area (Å²) in [6.45, 7) is 1.14. The van der Waals surface area contributed by atoms with Crippen LogP contribution in [-0.4, -0.2) is 43.4 Å². The summed E-state index contributed by atoms with van der Waals surface area (Å²) < 4.78 is 7.15. The third-order valence-electron chi connectivity index (χ3n) is 6.79. The van der Waals surface area contributed by atoms with Gasteiger partial charge in [-0.05, 0) is 37.5 Å². The summed E-state index contributed by atoms with van der Waals surface area (Å²) in [5.41, 5.74) is -0.464. The van der Waals surface area contributed by atoms with Crippen molar-refractivity contribution >= 4 is 22.2 Å². The molecule has 3 aliphatic rings. The van der Waals surface area contributed by atoms with Gasteiger partial charge in [-0.1, -0.05) is 11.6 Å². The molecule has 0 radical (unpaired) electrons. The Kier molecular flexibility index (Phi) is 3.72. The van der Waals surface area contributed by atoms with E-state index in [4.69, 9.17) is 9.51 Å². The SMILES string of the molecule is O=C(c1cnc2sccn2c1=O)N1C[C@H]2CCC[C@@]2(c2nc(CC3CC3)no2)C1. The van der Waals surface area contributed by atoms with Gasteiger partial charge in [-0.25, -0.2) is 4.98 Å². The lowest BCUT2D eigenvalue weighted by Gasteiger charge is -2.24. The van der Waals surface area contributed by atoms with Crippen LogP contribution in [0.3, 0.4) is 0 Å². The molecule has 3 aromatic rings. The van der Waals surface area contributed by atoms with Crippen LogP contribution in [0.5, 0.6) is 0 Å². The lowest BCUT2D eigenvalue weighted by molar-refractivity contribution is 0.0772. The molecule has 29 heavy (non-hydrogen) atoms. The summed E-state index contributed by atoms with van der Waals surface area (Å²) >= 11 is 1.37. The van der Waals surface area contributed by atoms with Crippen LogP contribution in [-0.2, 0) is 11.8 Å². The third-order valence-corrected chi connectivity index (χ3v) is 7.56. The van der Waals surface area contributed by atoms with Crippen molar-refractivity contribution in [3.63, 3.8) is 0 Å². The average Bonchev–Trinajstić information content (AvgIpc) is 3.13. The number of carbonyl (C=O) groups is 1. The standard InChI is InChI=1S/C20H21N5O3S/c26-16(14-9-21-19-25(17(14)27)6-7-29-19)24-10-13-2-1-5-20(13,11-24)18-22-15(23-28-18)8-12-3-4-12/h6-7,9,12-13H,1-5,8,10-11H2/t13-,20-/m1/s1. The van der Waals surface area contributed by atoms with Gasteiger partial charge >= 0.3 is 0 Å². The second-order valence-corrected chi connectivity index (χ2v) is 9.50. The van der Waals surface area contributed by atoms with Gasteiger partial charge in [0.25, 0.3) is 11.5 Å². The van der Waals surface area contributed by atoms with E-state index in [-0.39, 0.29) is 22.4 Å². The van der Waals surface area contributed by atoms with Crippen LogP contribution in [0.4, 0.5) is 0 Å². The Bertz CT molecular complexity index is 1160. The first-order valence-corrected chi connectivity index (χ1v) is 11.1. The summed E-state index contributed by atoms with van der Waals surface area (Å²) in [5, 5.41) is 6.01. The highest BCUT2D eigenvalue weighted by Crippen LogP contribution is 2.50. The first-order valence-electron chi connectivity index (χ1n) is 10.2. The summed E-state index contributed by atoms with van der Waals surface area (Å²) in [6.07, 6.45) is 9.52. The van der Waals surface area contributed by atoms with Gasteiger partial charge in [0, 0.05) is 37.3 Å². The van der Waals surface area contributed by atoms with Gasteiger partial charge in [-0.2, -0.15) is 4.98 Å². The molecule has 0 bridgehead atoms. The average molecular weight is 411 g/mol. The zero-order valence-electron chi connectivity index (χ0n) is 15.9. The van der Waals surface area contributed by atoms with E-state index < -0.39 is 0 Å². The van der Waals surface area contributed by atoms with E-state index in [1.54, 1.807) is 16.5 Å². The molecule has 1 aliphatic heterocycles. The number of likely N-dealkylation sites (tertiary alicyclic amines) is 1. The van der Waals surface area contributed by atoms with E-state index in [9.17, 15) is 9.59 Å². The maximum absolute atomic E-state index is 13.2. The molecular formula is C20H21N5O3S. The molecule has 1 amide bonds. The first-order chi connectivity index (χ1) is 14.1. The fourth-order valence-electron chi connectivity index (χ4n) is 5.05. The van der Waals surface area contributed by atoms with E-state index in [2.05, 4.69) is 10.1 Å². The molecule has 4 heterocycles. The molecule has 0 aromatic carbocycles. The van der Waals surface area contributed by atoms with Gasteiger partial charge in [0.05, 0.1) is 5.41 Å². The van der Waals surface area contributed by atoms with E-state index in [1.165, 1.54) is 34.8 Å². The highest BCUT2D eigenvalue weighted by Gasteiger charge is 2.55. The zero-order chi connectivity index (χ0) is 19.6. The first kappa shape index (κ1) is 17.3. The van der Waals surface area contributed by atoms with Crippen molar-refractivity contribution in [2.75, 3.05) is 13.1 Å². The van der Waals surface area contributed by atoms with Crippen LogP contribution < -0.4 is 5.56 Å². The van der Waals surface area contributed by atoms with Crippen LogP contribution in [0.25, 0.3) is 4.96 Å². The van der Waals surface area contributed by atoms with Gasteiger partial charge < -0.3 is 9.42 Å². The summed E-state index contributed by atoms with van der Waals surface area (Å²) in [4.78, 5) is 37.3. The third kappa shape index (κ3) is 2.67. The fourth-order valence-corrected chi connectivity index (χ4v) is 5.73. The molecule has 1 saturated heterocycles. The number of hydrogen-bond donors (Lipinski definition) is 0. The number of rotatable bonds is 4. The molecule has 8 nitrogen and oxygen atoms in total. The van der Waals surface area contributed by atoms with Crippen molar-refractivity contribution in [2.24, 2.45) is 11.8 Å². The number of hydrogen-bond acceptors (Lipinski definition) is 7. The van der Waals surface area contributed by atoms with Crippen LogP contribution in [0.2, 0.25) is 0 Å². The Morgan fingerprint density at radius 3 is 3.10 bits per heavy atom. The van der Waals surface area contributed by atoms with E-state index in [0.717, 1.165) is 31.5 Å². The Labute approximate surface area is 170 Å². The van der Waals surface area contributed by atoms with Crippen LogP contribution in [0, 0.1) is 11.8 Å². The minimum Gasteiger partial charge on any atom is -0.339 e. The van der Waals surface area contributed by atoms with Crippen LogP contribution >= 0.6 is 11.3 Å². The number of carbonyl (C=O) groups excluding carboxylic acids is 1. The molecule has 3 fully saturated rings. The summed E-state index contributed by atoms with van der Waals surface area (Å²) in [5.74, 6) is 2.20. The van der Waals surface area contributed by atoms with E-state index >= 15 is 0 Å². The van der Waals surface area contributed by atoms with Crippen molar-refractivity contribution in [3.05, 3.63) is 45.4 Å². The summed E-state index contributed by atoms with van der Waals surface area (Å²) in [7, 11) is 0. The van der Waals surface area contributed by atoms with Crippen molar-refractivity contribution in [1.29, 1.82) is 0 Å². The minimum absolute atomic E-state index is 0.121. The maximum atomic E-state index is 13.2. The van der Waals surface area contributed by atoms with E-state index in [1.807, 2.05) is 0 Å². The Hall–Kier alpha value is -2.55. The van der Waals surface area contributed by atoms with E-state index in [0.29, 0.717) is 35.8 Å². The molecule has 6 rings (SSSR count). The monoisotopic (exact) mass is 411 g/mol. The topological polar surface area (TPSA) is 93.6 Å². The van der Waals surface area contributed by atoms with Crippen LogP contribution in [0.15, 0.2) is 27.1 Å². The molecule has 2 atom stereocenters. The molecular weight excluding hydrogens is 390 g/mol. The minimum atomic E-state index is -0.308. The molecule has 150 valence electrons. The molecule has 2 saturated carbocycles. The fraction of sp³-hybridized carbons (Fsp3) is 0.550. The number of amides is 1. The van der Waals surface area contributed by atoms with Gasteiger partial charge in [0.15, 0.2) is 10.8 Å². The Balaban J connectivity index is 1.30. The Morgan fingerprint density at radius 2 is 2.24 bits per heavy atom. The lowest BCUT2D eigenvalue weighted by atomic mass is 9.80. The highest BCUT2D eigenvalue weighted by atomic mass is 32.1.